The van der Waals surface area contributed by atoms with E-state index in [-0.39, 0.29) is 23.2 Å². The van der Waals surface area contributed by atoms with E-state index >= 15 is 0 Å². The van der Waals surface area contributed by atoms with Gasteiger partial charge in [-0.2, -0.15) is 0 Å². The number of ether oxygens (including phenoxy) is 2. The summed E-state index contributed by atoms with van der Waals surface area (Å²) in [7, 11) is 0. The minimum atomic E-state index is 0.0769. The number of benzene rings is 1. The lowest BCUT2D eigenvalue weighted by atomic mass is 10.1. The predicted molar refractivity (Wildman–Crippen MR) is 96.8 cm³/mol. The highest BCUT2D eigenvalue weighted by molar-refractivity contribution is 9.10. The monoisotopic (exact) mass is 396 g/mol. The summed E-state index contributed by atoms with van der Waals surface area (Å²) in [5, 5.41) is 0.280. The molecule has 0 spiro atoms. The van der Waals surface area contributed by atoms with Crippen molar-refractivity contribution in [1.29, 1.82) is 0 Å². The molecule has 1 saturated carbocycles. The molecule has 1 aromatic rings. The fourth-order valence-corrected chi connectivity index (χ4v) is 4.92. The van der Waals surface area contributed by atoms with Gasteiger partial charge in [0.2, 0.25) is 6.79 Å². The first-order chi connectivity index (χ1) is 10.8. The highest BCUT2D eigenvalue weighted by Crippen LogP contribution is 2.61. The van der Waals surface area contributed by atoms with Gasteiger partial charge >= 0.3 is 0 Å². The summed E-state index contributed by atoms with van der Waals surface area (Å²) in [6, 6.07) is 3.87. The first-order valence-electron chi connectivity index (χ1n) is 7.70. The average molecular weight is 397 g/mol. The summed E-state index contributed by atoms with van der Waals surface area (Å²) >= 11 is 4.95. The first-order valence-corrected chi connectivity index (χ1v) is 9.48. The number of carbonyl (C=O) groups is 1. The summed E-state index contributed by atoms with van der Waals surface area (Å²) in [6.07, 6.45) is 2.24. The molecule has 0 radical (unpaired) electrons. The molecule has 5 heteroatoms. The number of thioether (sulfide) groups is 1. The quantitative estimate of drug-likeness (QED) is 0.657. The summed E-state index contributed by atoms with van der Waals surface area (Å²) < 4.78 is 11.7. The standard InChI is InChI=1S/C18H21BrO3S/c1-10(2)5-12-16(18(12,3)4)17(20)23-8-11-6-14-15(7-13(11)19)22-9-21-14/h5-7,12,16H,8-9H2,1-4H3. The zero-order chi connectivity index (χ0) is 16.8. The van der Waals surface area contributed by atoms with Gasteiger partial charge in [0.25, 0.3) is 0 Å². The zero-order valence-electron chi connectivity index (χ0n) is 13.8. The SMILES string of the molecule is CC(C)=CC1C(C(=O)SCc2cc3c(cc2Br)OCO3)C1(C)C. The van der Waals surface area contributed by atoms with Crippen molar-refractivity contribution < 1.29 is 14.3 Å². The minimum absolute atomic E-state index is 0.0769. The Hall–Kier alpha value is -0.940. The molecule has 124 valence electrons. The van der Waals surface area contributed by atoms with Crippen molar-refractivity contribution in [1.82, 2.24) is 0 Å². The largest absolute Gasteiger partial charge is 0.454 e. The van der Waals surface area contributed by atoms with Crippen LogP contribution in [0.2, 0.25) is 0 Å². The first kappa shape index (κ1) is 16.9. The van der Waals surface area contributed by atoms with E-state index in [1.165, 1.54) is 17.3 Å². The molecule has 1 aliphatic heterocycles. The Kier molecular flexibility index (Phi) is 4.53. The third kappa shape index (κ3) is 3.31. The molecule has 1 fully saturated rings. The van der Waals surface area contributed by atoms with E-state index in [0.29, 0.717) is 11.7 Å². The summed E-state index contributed by atoms with van der Waals surface area (Å²) in [6.45, 7) is 8.80. The lowest BCUT2D eigenvalue weighted by Crippen LogP contribution is -2.02. The number of allylic oxidation sites excluding steroid dienone is 2. The smallest absolute Gasteiger partial charge is 0.231 e. The molecule has 0 amide bonds. The predicted octanol–water partition coefficient (Wildman–Crippen LogP) is 5.18. The Morgan fingerprint density at radius 3 is 2.65 bits per heavy atom. The third-order valence-electron chi connectivity index (χ3n) is 4.59. The van der Waals surface area contributed by atoms with Crippen molar-refractivity contribution in [3.63, 3.8) is 0 Å². The van der Waals surface area contributed by atoms with E-state index < -0.39 is 0 Å². The van der Waals surface area contributed by atoms with Crippen molar-refractivity contribution in [2.24, 2.45) is 17.3 Å². The molecule has 23 heavy (non-hydrogen) atoms. The van der Waals surface area contributed by atoms with Crippen LogP contribution in [0, 0.1) is 17.3 Å². The van der Waals surface area contributed by atoms with Crippen LogP contribution in [0.3, 0.4) is 0 Å². The lowest BCUT2D eigenvalue weighted by Gasteiger charge is -2.06. The maximum absolute atomic E-state index is 12.6. The van der Waals surface area contributed by atoms with Gasteiger partial charge < -0.3 is 9.47 Å². The van der Waals surface area contributed by atoms with Gasteiger partial charge in [0.15, 0.2) is 16.6 Å². The maximum atomic E-state index is 12.6. The fourth-order valence-electron chi connectivity index (χ4n) is 3.11. The minimum Gasteiger partial charge on any atom is -0.454 e. The zero-order valence-corrected chi connectivity index (χ0v) is 16.2. The Morgan fingerprint density at radius 2 is 2.00 bits per heavy atom. The van der Waals surface area contributed by atoms with Crippen molar-refractivity contribution in [3.8, 4) is 11.5 Å². The van der Waals surface area contributed by atoms with Crippen LogP contribution in [0.4, 0.5) is 0 Å². The third-order valence-corrected chi connectivity index (χ3v) is 6.32. The fraction of sp³-hybridized carbons (Fsp3) is 0.500. The van der Waals surface area contributed by atoms with Crippen LogP contribution in [0.25, 0.3) is 0 Å². The number of fused-ring (bicyclic) bond motifs is 1. The Labute approximate surface area is 149 Å². The van der Waals surface area contributed by atoms with Gasteiger partial charge in [-0.15, -0.1) is 0 Å². The molecule has 1 heterocycles. The van der Waals surface area contributed by atoms with E-state index in [1.54, 1.807) is 0 Å². The van der Waals surface area contributed by atoms with Crippen LogP contribution in [0.15, 0.2) is 28.3 Å². The highest BCUT2D eigenvalue weighted by Gasteiger charge is 2.60. The molecular weight excluding hydrogens is 376 g/mol. The molecule has 2 atom stereocenters. The Bertz CT molecular complexity index is 677. The van der Waals surface area contributed by atoms with Gasteiger partial charge in [-0.25, -0.2) is 0 Å². The van der Waals surface area contributed by atoms with Gasteiger partial charge in [0.1, 0.15) is 0 Å². The summed E-state index contributed by atoms with van der Waals surface area (Å²) in [5.74, 6) is 2.64. The molecule has 0 bridgehead atoms. The molecule has 1 aliphatic carbocycles. The van der Waals surface area contributed by atoms with E-state index in [2.05, 4.69) is 49.7 Å². The van der Waals surface area contributed by atoms with Gasteiger partial charge in [-0.1, -0.05) is 53.2 Å². The van der Waals surface area contributed by atoms with Gasteiger partial charge in [0.05, 0.1) is 0 Å². The van der Waals surface area contributed by atoms with Crippen LogP contribution in [0.5, 0.6) is 11.5 Å². The number of rotatable bonds is 4. The topological polar surface area (TPSA) is 35.5 Å². The number of hydrogen-bond acceptors (Lipinski definition) is 4. The number of halogens is 1. The number of carbonyl (C=O) groups excluding carboxylic acids is 1. The average Bonchev–Trinajstić information content (AvgIpc) is 2.82. The number of hydrogen-bond donors (Lipinski definition) is 0. The van der Waals surface area contributed by atoms with E-state index in [4.69, 9.17) is 9.47 Å². The van der Waals surface area contributed by atoms with Gasteiger partial charge in [-0.05, 0) is 42.9 Å². The normalized spacial score (nSPS) is 23.5. The van der Waals surface area contributed by atoms with E-state index in [0.717, 1.165) is 21.5 Å². The van der Waals surface area contributed by atoms with E-state index in [1.807, 2.05) is 12.1 Å². The second kappa shape index (κ2) is 6.17. The van der Waals surface area contributed by atoms with Crippen LogP contribution in [0.1, 0.15) is 33.3 Å². The lowest BCUT2D eigenvalue weighted by molar-refractivity contribution is -0.112. The molecule has 3 rings (SSSR count). The van der Waals surface area contributed by atoms with Crippen LogP contribution >= 0.6 is 27.7 Å². The molecule has 0 saturated heterocycles. The van der Waals surface area contributed by atoms with Crippen molar-refractivity contribution >= 4 is 32.8 Å². The Morgan fingerprint density at radius 1 is 1.35 bits per heavy atom. The van der Waals surface area contributed by atoms with Crippen molar-refractivity contribution in [2.45, 2.75) is 33.4 Å². The van der Waals surface area contributed by atoms with Crippen LogP contribution in [-0.4, -0.2) is 11.9 Å². The Balaban J connectivity index is 1.65. The molecule has 1 aromatic carbocycles. The molecule has 3 nitrogen and oxygen atoms in total. The molecular formula is C18H21BrO3S. The van der Waals surface area contributed by atoms with Gasteiger partial charge in [-0.3, -0.25) is 4.79 Å². The second-order valence-electron chi connectivity index (χ2n) is 6.97. The molecule has 2 unspecified atom stereocenters. The molecule has 2 aliphatic rings. The van der Waals surface area contributed by atoms with Crippen LogP contribution in [-0.2, 0) is 10.5 Å². The van der Waals surface area contributed by atoms with Gasteiger partial charge in [0, 0.05) is 16.1 Å². The second-order valence-corrected chi connectivity index (χ2v) is 8.81. The maximum Gasteiger partial charge on any atom is 0.231 e. The molecule has 0 N–H and O–H groups in total. The summed E-state index contributed by atoms with van der Waals surface area (Å²) in [4.78, 5) is 12.6. The molecule has 0 aromatic heterocycles. The van der Waals surface area contributed by atoms with Crippen LogP contribution < -0.4 is 9.47 Å². The van der Waals surface area contributed by atoms with Crippen molar-refractivity contribution in [2.75, 3.05) is 6.79 Å². The summed E-state index contributed by atoms with van der Waals surface area (Å²) in [5.41, 5.74) is 2.42. The van der Waals surface area contributed by atoms with Crippen molar-refractivity contribution in [3.05, 3.63) is 33.8 Å². The highest BCUT2D eigenvalue weighted by atomic mass is 79.9. The van der Waals surface area contributed by atoms with E-state index in [9.17, 15) is 4.79 Å².